The van der Waals surface area contributed by atoms with Gasteiger partial charge in [-0.2, -0.15) is 0 Å². The third-order valence-electron chi connectivity index (χ3n) is 5.96. The Labute approximate surface area is 177 Å². The molecule has 0 saturated carbocycles. The summed E-state index contributed by atoms with van der Waals surface area (Å²) in [6, 6.07) is 17.0. The van der Waals surface area contributed by atoms with Crippen molar-refractivity contribution in [3.05, 3.63) is 59.7 Å². The van der Waals surface area contributed by atoms with Crippen molar-refractivity contribution in [3.63, 3.8) is 0 Å². The first-order valence-electron chi connectivity index (χ1n) is 11.3. The van der Waals surface area contributed by atoms with E-state index in [4.69, 9.17) is 9.47 Å². The molecule has 3 rings (SSSR count). The van der Waals surface area contributed by atoms with Crippen LogP contribution in [-0.2, 0) is 12.8 Å². The SMILES string of the molecule is COc1cccc(CCCCCCc2ccccc2OCC2CCCN(C)C2)c1. The molecule has 1 heterocycles. The summed E-state index contributed by atoms with van der Waals surface area (Å²) >= 11 is 0. The van der Waals surface area contributed by atoms with Gasteiger partial charge in [-0.05, 0) is 81.4 Å². The van der Waals surface area contributed by atoms with Gasteiger partial charge in [-0.1, -0.05) is 43.2 Å². The molecule has 1 saturated heterocycles. The Morgan fingerprint density at radius 2 is 1.79 bits per heavy atom. The minimum Gasteiger partial charge on any atom is -0.497 e. The van der Waals surface area contributed by atoms with E-state index in [1.165, 1.54) is 56.2 Å². The van der Waals surface area contributed by atoms with Crippen LogP contribution in [0.15, 0.2) is 48.5 Å². The Kier molecular flexibility index (Phi) is 8.88. The van der Waals surface area contributed by atoms with E-state index in [2.05, 4.69) is 54.4 Å². The Bertz CT molecular complexity index is 730. The molecule has 0 aromatic heterocycles. The predicted molar refractivity (Wildman–Crippen MR) is 121 cm³/mol. The van der Waals surface area contributed by atoms with Crippen molar-refractivity contribution >= 4 is 0 Å². The fraction of sp³-hybridized carbons (Fsp3) is 0.538. The zero-order chi connectivity index (χ0) is 20.3. The van der Waals surface area contributed by atoms with Gasteiger partial charge in [0.05, 0.1) is 13.7 Å². The van der Waals surface area contributed by atoms with Gasteiger partial charge >= 0.3 is 0 Å². The van der Waals surface area contributed by atoms with Crippen LogP contribution in [0.4, 0.5) is 0 Å². The molecule has 2 aromatic carbocycles. The molecular weight excluding hydrogens is 358 g/mol. The second-order valence-electron chi connectivity index (χ2n) is 8.45. The quantitative estimate of drug-likeness (QED) is 0.451. The zero-order valence-electron chi connectivity index (χ0n) is 18.2. The Balaban J connectivity index is 1.36. The number of unbranched alkanes of at least 4 members (excludes halogenated alkanes) is 3. The summed E-state index contributed by atoms with van der Waals surface area (Å²) in [5, 5.41) is 0. The van der Waals surface area contributed by atoms with Crippen molar-refractivity contribution in [1.29, 1.82) is 0 Å². The third kappa shape index (κ3) is 7.40. The number of likely N-dealkylation sites (tertiary alicyclic amines) is 1. The van der Waals surface area contributed by atoms with Crippen LogP contribution in [0, 0.1) is 5.92 Å². The summed E-state index contributed by atoms with van der Waals surface area (Å²) in [5.74, 6) is 2.72. The lowest BCUT2D eigenvalue weighted by atomic mass is 9.99. The minimum atomic E-state index is 0.665. The fourth-order valence-electron chi connectivity index (χ4n) is 4.29. The maximum atomic E-state index is 6.24. The van der Waals surface area contributed by atoms with Crippen molar-refractivity contribution in [3.8, 4) is 11.5 Å². The molecule has 1 aliphatic rings. The van der Waals surface area contributed by atoms with Gasteiger partial charge in [0.1, 0.15) is 11.5 Å². The molecule has 0 aliphatic carbocycles. The Morgan fingerprint density at radius 3 is 2.62 bits per heavy atom. The number of hydrogen-bond acceptors (Lipinski definition) is 3. The number of para-hydroxylation sites is 1. The number of rotatable bonds is 11. The van der Waals surface area contributed by atoms with E-state index in [1.807, 2.05) is 6.07 Å². The summed E-state index contributed by atoms with van der Waals surface area (Å²) < 4.78 is 11.6. The van der Waals surface area contributed by atoms with Gasteiger partial charge < -0.3 is 14.4 Å². The molecule has 2 aromatic rings. The first kappa shape index (κ1) is 21.7. The van der Waals surface area contributed by atoms with Crippen LogP contribution in [0.1, 0.15) is 49.7 Å². The number of ether oxygens (including phenoxy) is 2. The molecule has 0 bridgehead atoms. The van der Waals surface area contributed by atoms with Gasteiger partial charge in [0.15, 0.2) is 0 Å². The average molecular weight is 396 g/mol. The van der Waals surface area contributed by atoms with Crippen molar-refractivity contribution < 1.29 is 9.47 Å². The average Bonchev–Trinajstić information content (AvgIpc) is 2.75. The molecule has 0 radical (unpaired) electrons. The van der Waals surface area contributed by atoms with Crippen LogP contribution in [0.25, 0.3) is 0 Å². The monoisotopic (exact) mass is 395 g/mol. The normalized spacial score (nSPS) is 17.2. The van der Waals surface area contributed by atoms with Crippen LogP contribution < -0.4 is 9.47 Å². The largest absolute Gasteiger partial charge is 0.497 e. The van der Waals surface area contributed by atoms with Crippen molar-refractivity contribution in [2.24, 2.45) is 5.92 Å². The Morgan fingerprint density at radius 1 is 0.966 bits per heavy atom. The van der Waals surface area contributed by atoms with Gasteiger partial charge in [-0.25, -0.2) is 0 Å². The molecular formula is C26H37NO2. The van der Waals surface area contributed by atoms with Crippen LogP contribution >= 0.6 is 0 Å². The molecule has 158 valence electrons. The number of nitrogens with zero attached hydrogens (tertiary/aromatic N) is 1. The van der Waals surface area contributed by atoms with Crippen LogP contribution in [0.2, 0.25) is 0 Å². The molecule has 0 amide bonds. The molecule has 0 spiro atoms. The second-order valence-corrected chi connectivity index (χ2v) is 8.45. The second kappa shape index (κ2) is 11.9. The van der Waals surface area contributed by atoms with Crippen molar-refractivity contribution in [2.45, 2.75) is 51.4 Å². The smallest absolute Gasteiger partial charge is 0.122 e. The lowest BCUT2D eigenvalue weighted by molar-refractivity contribution is 0.150. The van der Waals surface area contributed by atoms with E-state index in [1.54, 1.807) is 7.11 Å². The third-order valence-corrected chi connectivity index (χ3v) is 5.96. The molecule has 3 nitrogen and oxygen atoms in total. The molecule has 1 fully saturated rings. The van der Waals surface area contributed by atoms with Gasteiger partial charge in [-0.15, -0.1) is 0 Å². The Hall–Kier alpha value is -2.00. The highest BCUT2D eigenvalue weighted by atomic mass is 16.5. The van der Waals surface area contributed by atoms with Crippen LogP contribution in [0.5, 0.6) is 11.5 Å². The summed E-state index contributed by atoms with van der Waals surface area (Å²) in [7, 11) is 3.95. The first-order chi connectivity index (χ1) is 14.2. The summed E-state index contributed by atoms with van der Waals surface area (Å²) in [5.41, 5.74) is 2.74. The number of hydrogen-bond donors (Lipinski definition) is 0. The molecule has 1 unspecified atom stereocenters. The number of aryl methyl sites for hydroxylation is 2. The predicted octanol–water partition coefficient (Wildman–Crippen LogP) is 5.76. The van der Waals surface area contributed by atoms with E-state index in [0.717, 1.165) is 37.5 Å². The highest BCUT2D eigenvalue weighted by molar-refractivity contribution is 5.33. The molecule has 0 N–H and O–H groups in total. The molecule has 1 atom stereocenters. The van der Waals surface area contributed by atoms with E-state index >= 15 is 0 Å². The van der Waals surface area contributed by atoms with Crippen LogP contribution in [-0.4, -0.2) is 38.8 Å². The van der Waals surface area contributed by atoms with E-state index < -0.39 is 0 Å². The van der Waals surface area contributed by atoms with Gasteiger partial charge in [-0.3, -0.25) is 0 Å². The van der Waals surface area contributed by atoms with Gasteiger partial charge in [0, 0.05) is 12.5 Å². The minimum absolute atomic E-state index is 0.665. The van der Waals surface area contributed by atoms with E-state index in [0.29, 0.717) is 5.92 Å². The summed E-state index contributed by atoms with van der Waals surface area (Å²) in [6.45, 7) is 3.24. The summed E-state index contributed by atoms with van der Waals surface area (Å²) in [4.78, 5) is 2.43. The highest BCUT2D eigenvalue weighted by Crippen LogP contribution is 2.23. The van der Waals surface area contributed by atoms with Crippen molar-refractivity contribution in [1.82, 2.24) is 4.90 Å². The lowest BCUT2D eigenvalue weighted by Gasteiger charge is -2.29. The van der Waals surface area contributed by atoms with Gasteiger partial charge in [0.2, 0.25) is 0 Å². The first-order valence-corrected chi connectivity index (χ1v) is 11.3. The fourth-order valence-corrected chi connectivity index (χ4v) is 4.29. The zero-order valence-corrected chi connectivity index (χ0v) is 18.2. The number of piperidine rings is 1. The van der Waals surface area contributed by atoms with Crippen LogP contribution in [0.3, 0.4) is 0 Å². The van der Waals surface area contributed by atoms with Crippen molar-refractivity contribution in [2.75, 3.05) is 33.9 Å². The van der Waals surface area contributed by atoms with E-state index in [9.17, 15) is 0 Å². The maximum absolute atomic E-state index is 6.24. The molecule has 29 heavy (non-hydrogen) atoms. The summed E-state index contributed by atoms with van der Waals surface area (Å²) in [6.07, 6.45) is 9.83. The molecule has 3 heteroatoms. The lowest BCUT2D eigenvalue weighted by Crippen LogP contribution is -2.34. The van der Waals surface area contributed by atoms with Gasteiger partial charge in [0.25, 0.3) is 0 Å². The highest BCUT2D eigenvalue weighted by Gasteiger charge is 2.18. The topological polar surface area (TPSA) is 21.7 Å². The van der Waals surface area contributed by atoms with E-state index in [-0.39, 0.29) is 0 Å². The number of benzene rings is 2. The maximum Gasteiger partial charge on any atom is 0.122 e. The number of methoxy groups -OCH3 is 1. The standard InChI is InChI=1S/C26H37NO2/c1-27-18-10-13-23(20-27)21-29-26-17-8-7-15-24(26)14-6-4-3-5-11-22-12-9-16-25(19-22)28-2/h7-9,12,15-17,19,23H,3-6,10-11,13-14,18,20-21H2,1-2H3. The molecule has 1 aliphatic heterocycles.